The van der Waals surface area contributed by atoms with E-state index in [-0.39, 0.29) is 5.91 Å². The molecule has 12 heavy (non-hydrogen) atoms. The highest BCUT2D eigenvalue weighted by atomic mass is 16.4. The number of carbonyl (C=O) groups is 1. The van der Waals surface area contributed by atoms with E-state index in [1.54, 1.807) is 0 Å². The van der Waals surface area contributed by atoms with Crippen molar-refractivity contribution in [2.24, 2.45) is 5.16 Å². The maximum atomic E-state index is 11.2. The van der Waals surface area contributed by atoms with Crippen LogP contribution in [-0.2, 0) is 4.79 Å². The molecule has 2 rings (SSSR count). The average molecular weight is 168 g/mol. The molecule has 0 unspecified atom stereocenters. The van der Waals surface area contributed by atoms with Gasteiger partial charge in [-0.25, -0.2) is 0 Å². The molecule has 4 heteroatoms. The van der Waals surface area contributed by atoms with Crippen molar-refractivity contribution < 1.29 is 10.0 Å². The van der Waals surface area contributed by atoms with Gasteiger partial charge in [0.1, 0.15) is 0 Å². The second-order valence-corrected chi connectivity index (χ2v) is 3.40. The van der Waals surface area contributed by atoms with Crippen LogP contribution in [-0.4, -0.2) is 34.3 Å². The SMILES string of the molecule is O=C1CC[C@H]2C/C(=N\O)CCN12. The Morgan fingerprint density at radius 3 is 3.08 bits per heavy atom. The lowest BCUT2D eigenvalue weighted by molar-refractivity contribution is -0.129. The van der Waals surface area contributed by atoms with Crippen LogP contribution in [0.3, 0.4) is 0 Å². The second-order valence-electron chi connectivity index (χ2n) is 3.40. The molecule has 1 N–H and O–H groups in total. The number of amides is 1. The van der Waals surface area contributed by atoms with Gasteiger partial charge >= 0.3 is 0 Å². The fraction of sp³-hybridized carbons (Fsp3) is 0.750. The van der Waals surface area contributed by atoms with Gasteiger partial charge in [-0.3, -0.25) is 4.79 Å². The zero-order valence-electron chi connectivity index (χ0n) is 6.86. The summed E-state index contributed by atoms with van der Waals surface area (Å²) in [6, 6.07) is 0.317. The third-order valence-corrected chi connectivity index (χ3v) is 2.71. The Balaban J connectivity index is 2.09. The third-order valence-electron chi connectivity index (χ3n) is 2.71. The monoisotopic (exact) mass is 168 g/mol. The maximum absolute atomic E-state index is 11.2. The van der Waals surface area contributed by atoms with Gasteiger partial charge in [-0.15, -0.1) is 0 Å². The molecule has 0 bridgehead atoms. The summed E-state index contributed by atoms with van der Waals surface area (Å²) in [5, 5.41) is 11.8. The molecule has 0 aliphatic carbocycles. The average Bonchev–Trinajstić information content (AvgIpc) is 2.47. The largest absolute Gasteiger partial charge is 0.411 e. The van der Waals surface area contributed by atoms with E-state index in [2.05, 4.69) is 5.16 Å². The predicted octanol–water partition coefficient (Wildman–Crippen LogP) is 0.601. The van der Waals surface area contributed by atoms with E-state index < -0.39 is 0 Å². The van der Waals surface area contributed by atoms with Gasteiger partial charge in [-0.05, 0) is 6.42 Å². The molecule has 1 amide bonds. The normalized spacial score (nSPS) is 32.7. The highest BCUT2D eigenvalue weighted by Gasteiger charge is 2.34. The highest BCUT2D eigenvalue weighted by Crippen LogP contribution is 2.26. The second kappa shape index (κ2) is 2.77. The molecule has 2 saturated heterocycles. The van der Waals surface area contributed by atoms with E-state index >= 15 is 0 Å². The maximum Gasteiger partial charge on any atom is 0.222 e. The van der Waals surface area contributed by atoms with Crippen LogP contribution in [0.25, 0.3) is 0 Å². The number of piperidine rings is 1. The number of nitrogens with zero attached hydrogens (tertiary/aromatic N) is 2. The van der Waals surface area contributed by atoms with Crippen molar-refractivity contribution in [1.29, 1.82) is 0 Å². The van der Waals surface area contributed by atoms with Gasteiger partial charge in [0.25, 0.3) is 0 Å². The van der Waals surface area contributed by atoms with E-state index in [9.17, 15) is 4.79 Å². The minimum absolute atomic E-state index is 0.261. The van der Waals surface area contributed by atoms with Gasteiger partial charge in [0.15, 0.2) is 0 Å². The summed E-state index contributed by atoms with van der Waals surface area (Å²) in [6.07, 6.45) is 3.10. The molecule has 0 radical (unpaired) electrons. The van der Waals surface area contributed by atoms with E-state index in [0.29, 0.717) is 12.5 Å². The van der Waals surface area contributed by atoms with E-state index in [4.69, 9.17) is 5.21 Å². The molecule has 1 atom stereocenters. The molecule has 2 heterocycles. The smallest absolute Gasteiger partial charge is 0.222 e. The zero-order valence-corrected chi connectivity index (χ0v) is 6.86. The van der Waals surface area contributed by atoms with Crippen LogP contribution in [0.15, 0.2) is 5.16 Å². The number of fused-ring (bicyclic) bond motifs is 1. The van der Waals surface area contributed by atoms with E-state index in [1.165, 1.54) is 0 Å². The molecule has 0 aromatic heterocycles. The first kappa shape index (κ1) is 7.58. The van der Waals surface area contributed by atoms with Crippen LogP contribution in [0.5, 0.6) is 0 Å². The lowest BCUT2D eigenvalue weighted by Gasteiger charge is -2.29. The minimum atomic E-state index is 0.261. The number of hydrogen-bond acceptors (Lipinski definition) is 3. The van der Waals surface area contributed by atoms with Crippen LogP contribution in [0.2, 0.25) is 0 Å². The van der Waals surface area contributed by atoms with Crippen molar-refractivity contribution >= 4 is 11.6 Å². The number of oxime groups is 1. The molecular weight excluding hydrogens is 156 g/mol. The first-order chi connectivity index (χ1) is 5.81. The van der Waals surface area contributed by atoms with Crippen LogP contribution in [0.1, 0.15) is 25.7 Å². The summed E-state index contributed by atoms with van der Waals surface area (Å²) in [5.41, 5.74) is 0.839. The first-order valence-electron chi connectivity index (χ1n) is 4.30. The lowest BCUT2D eigenvalue weighted by Crippen LogP contribution is -2.40. The molecule has 4 nitrogen and oxygen atoms in total. The molecule has 0 aromatic carbocycles. The Bertz CT molecular complexity index is 237. The molecule has 66 valence electrons. The van der Waals surface area contributed by atoms with Crippen LogP contribution < -0.4 is 0 Å². The number of hydrogen-bond donors (Lipinski definition) is 1. The summed E-state index contributed by atoms with van der Waals surface area (Å²) in [7, 11) is 0. The highest BCUT2D eigenvalue weighted by molar-refractivity contribution is 5.89. The molecule has 2 aliphatic heterocycles. The zero-order chi connectivity index (χ0) is 8.55. The van der Waals surface area contributed by atoms with Crippen LogP contribution in [0.4, 0.5) is 0 Å². The fourth-order valence-electron chi connectivity index (χ4n) is 2.03. The Morgan fingerprint density at radius 1 is 1.50 bits per heavy atom. The number of carbonyl (C=O) groups excluding carboxylic acids is 1. The Morgan fingerprint density at radius 2 is 2.33 bits per heavy atom. The molecule has 0 spiro atoms. The molecule has 0 aromatic rings. The van der Waals surface area contributed by atoms with Gasteiger partial charge < -0.3 is 10.1 Å². The minimum Gasteiger partial charge on any atom is -0.411 e. The molecule has 2 fully saturated rings. The van der Waals surface area contributed by atoms with Crippen LogP contribution >= 0.6 is 0 Å². The Kier molecular flexibility index (Phi) is 1.75. The summed E-state index contributed by atoms with van der Waals surface area (Å²) in [5.74, 6) is 0.261. The molecular formula is C8H12N2O2. The van der Waals surface area contributed by atoms with Gasteiger partial charge in [-0.2, -0.15) is 0 Å². The van der Waals surface area contributed by atoms with Crippen molar-refractivity contribution in [3.8, 4) is 0 Å². The van der Waals surface area contributed by atoms with Crippen molar-refractivity contribution in [2.45, 2.75) is 31.7 Å². The van der Waals surface area contributed by atoms with Gasteiger partial charge in [0, 0.05) is 31.8 Å². The summed E-state index contributed by atoms with van der Waals surface area (Å²) in [6.45, 7) is 0.739. The van der Waals surface area contributed by atoms with Gasteiger partial charge in [0.2, 0.25) is 5.91 Å². The van der Waals surface area contributed by atoms with E-state index in [1.807, 2.05) is 4.90 Å². The van der Waals surface area contributed by atoms with Gasteiger partial charge in [0.05, 0.1) is 5.71 Å². The third kappa shape index (κ3) is 1.07. The molecule has 0 saturated carbocycles. The first-order valence-corrected chi connectivity index (χ1v) is 4.30. The van der Waals surface area contributed by atoms with Crippen molar-refractivity contribution in [3.63, 3.8) is 0 Å². The fourth-order valence-corrected chi connectivity index (χ4v) is 2.03. The van der Waals surface area contributed by atoms with Crippen molar-refractivity contribution in [2.75, 3.05) is 6.54 Å². The molecule has 2 aliphatic rings. The summed E-state index contributed by atoms with van der Waals surface area (Å²) >= 11 is 0. The standard InChI is InChI=1S/C8H12N2O2/c11-8-2-1-7-5-6(9-12)3-4-10(7)8/h7,12H,1-5H2/b9-6-/t7-/m0/s1. The Hall–Kier alpha value is -1.06. The summed E-state index contributed by atoms with van der Waals surface area (Å²) < 4.78 is 0. The topological polar surface area (TPSA) is 52.9 Å². The Labute approximate surface area is 70.8 Å². The van der Waals surface area contributed by atoms with E-state index in [0.717, 1.165) is 31.5 Å². The lowest BCUT2D eigenvalue weighted by atomic mass is 10.0. The number of rotatable bonds is 0. The predicted molar refractivity (Wildman–Crippen MR) is 43.2 cm³/mol. The quantitative estimate of drug-likeness (QED) is 0.425. The van der Waals surface area contributed by atoms with Crippen LogP contribution in [0, 0.1) is 0 Å². The van der Waals surface area contributed by atoms with Crippen molar-refractivity contribution in [3.05, 3.63) is 0 Å². The van der Waals surface area contributed by atoms with Crippen molar-refractivity contribution in [1.82, 2.24) is 4.90 Å². The van der Waals surface area contributed by atoms with Gasteiger partial charge in [-0.1, -0.05) is 5.16 Å². The summed E-state index contributed by atoms with van der Waals surface area (Å²) in [4.78, 5) is 13.1.